The fraction of sp³-hybridized carbons (Fsp3) is 0.182. The van der Waals surface area contributed by atoms with Crippen LogP contribution in [0.2, 0.25) is 5.02 Å². The highest BCUT2D eigenvalue weighted by Gasteiger charge is 2.05. The van der Waals surface area contributed by atoms with Crippen molar-refractivity contribution in [1.82, 2.24) is 15.2 Å². The van der Waals surface area contributed by atoms with Crippen molar-refractivity contribution in [2.24, 2.45) is 5.73 Å². The van der Waals surface area contributed by atoms with Gasteiger partial charge in [0.05, 0.1) is 11.2 Å². The Morgan fingerprint density at radius 2 is 2.00 bits per heavy atom. The molecule has 2 aromatic rings. The van der Waals surface area contributed by atoms with Gasteiger partial charge in [0.15, 0.2) is 5.82 Å². The molecule has 0 atom stereocenters. The molecule has 4 nitrogen and oxygen atoms in total. The van der Waals surface area contributed by atoms with E-state index in [0.717, 1.165) is 5.56 Å². The Labute approximate surface area is 98.5 Å². The lowest BCUT2D eigenvalue weighted by atomic mass is 10.2. The lowest BCUT2D eigenvalue weighted by molar-refractivity contribution is 0.813. The minimum atomic E-state index is 0.521. The van der Waals surface area contributed by atoms with Crippen molar-refractivity contribution in [2.45, 2.75) is 6.42 Å². The van der Waals surface area contributed by atoms with Gasteiger partial charge in [0, 0.05) is 12.0 Å². The predicted molar refractivity (Wildman–Crippen MR) is 63.0 cm³/mol. The van der Waals surface area contributed by atoms with Crippen LogP contribution in [0.15, 0.2) is 30.5 Å². The average Bonchev–Trinajstić information content (AvgIpc) is 2.31. The molecule has 0 saturated carbocycles. The van der Waals surface area contributed by atoms with Crippen LogP contribution in [0.25, 0.3) is 11.3 Å². The minimum Gasteiger partial charge on any atom is -0.330 e. The SMILES string of the molecule is NCCc1ncc(-c2ccccc2Cl)nn1. The number of hydrogen-bond donors (Lipinski definition) is 1. The van der Waals surface area contributed by atoms with Crippen LogP contribution in [-0.2, 0) is 6.42 Å². The molecule has 0 aliphatic carbocycles. The van der Waals surface area contributed by atoms with Crippen molar-refractivity contribution in [3.63, 3.8) is 0 Å². The molecule has 16 heavy (non-hydrogen) atoms. The van der Waals surface area contributed by atoms with E-state index < -0.39 is 0 Å². The molecule has 0 spiro atoms. The highest BCUT2D eigenvalue weighted by molar-refractivity contribution is 6.33. The van der Waals surface area contributed by atoms with Gasteiger partial charge in [-0.1, -0.05) is 29.8 Å². The van der Waals surface area contributed by atoms with E-state index >= 15 is 0 Å². The lowest BCUT2D eigenvalue weighted by Crippen LogP contribution is -2.07. The van der Waals surface area contributed by atoms with Crippen molar-refractivity contribution >= 4 is 11.6 Å². The van der Waals surface area contributed by atoms with Crippen LogP contribution in [0.4, 0.5) is 0 Å². The van der Waals surface area contributed by atoms with Crippen molar-refractivity contribution < 1.29 is 0 Å². The van der Waals surface area contributed by atoms with Crippen LogP contribution < -0.4 is 5.73 Å². The quantitative estimate of drug-likeness (QED) is 0.878. The van der Waals surface area contributed by atoms with E-state index in [0.29, 0.717) is 29.5 Å². The Morgan fingerprint density at radius 3 is 2.62 bits per heavy atom. The van der Waals surface area contributed by atoms with Crippen molar-refractivity contribution in [1.29, 1.82) is 0 Å². The second kappa shape index (κ2) is 5.01. The van der Waals surface area contributed by atoms with Crippen molar-refractivity contribution in [3.8, 4) is 11.3 Å². The third-order valence-electron chi connectivity index (χ3n) is 2.13. The predicted octanol–water partition coefficient (Wildman–Crippen LogP) is 1.69. The van der Waals surface area contributed by atoms with Crippen LogP contribution in [0.1, 0.15) is 5.82 Å². The summed E-state index contributed by atoms with van der Waals surface area (Å²) in [7, 11) is 0. The summed E-state index contributed by atoms with van der Waals surface area (Å²) in [5, 5.41) is 8.71. The molecule has 1 aromatic carbocycles. The second-order valence-electron chi connectivity index (χ2n) is 3.28. The molecule has 0 unspecified atom stereocenters. The van der Waals surface area contributed by atoms with Gasteiger partial charge in [-0.25, -0.2) is 4.98 Å². The number of aromatic nitrogens is 3. The largest absolute Gasteiger partial charge is 0.330 e. The zero-order valence-electron chi connectivity index (χ0n) is 8.60. The summed E-state index contributed by atoms with van der Waals surface area (Å²) >= 11 is 6.04. The Hall–Kier alpha value is -1.52. The summed E-state index contributed by atoms with van der Waals surface area (Å²) in [5.41, 5.74) is 6.91. The molecule has 1 aromatic heterocycles. The van der Waals surface area contributed by atoms with E-state index in [1.165, 1.54) is 0 Å². The summed E-state index contributed by atoms with van der Waals surface area (Å²) < 4.78 is 0. The van der Waals surface area contributed by atoms with Crippen LogP contribution >= 0.6 is 11.6 Å². The number of hydrogen-bond acceptors (Lipinski definition) is 4. The molecule has 0 aliphatic rings. The van der Waals surface area contributed by atoms with Crippen LogP contribution in [0.5, 0.6) is 0 Å². The molecule has 0 radical (unpaired) electrons. The normalized spacial score (nSPS) is 10.4. The van der Waals surface area contributed by atoms with Crippen molar-refractivity contribution in [2.75, 3.05) is 6.54 Å². The fourth-order valence-electron chi connectivity index (χ4n) is 1.33. The van der Waals surface area contributed by atoms with E-state index in [1.54, 1.807) is 6.20 Å². The zero-order chi connectivity index (χ0) is 11.4. The number of rotatable bonds is 3. The Bertz CT molecular complexity index is 470. The van der Waals surface area contributed by atoms with Crippen molar-refractivity contribution in [3.05, 3.63) is 41.3 Å². The summed E-state index contributed by atoms with van der Waals surface area (Å²) in [4.78, 5) is 4.17. The summed E-state index contributed by atoms with van der Waals surface area (Å²) in [6, 6.07) is 7.47. The topological polar surface area (TPSA) is 64.7 Å². The molecule has 2 N–H and O–H groups in total. The third-order valence-corrected chi connectivity index (χ3v) is 2.46. The van der Waals surface area contributed by atoms with Crippen LogP contribution in [-0.4, -0.2) is 21.7 Å². The molecule has 0 aliphatic heterocycles. The average molecular weight is 235 g/mol. The van der Waals surface area contributed by atoms with Gasteiger partial charge in [0.25, 0.3) is 0 Å². The number of benzene rings is 1. The highest BCUT2D eigenvalue weighted by atomic mass is 35.5. The van der Waals surface area contributed by atoms with Gasteiger partial charge in [-0.05, 0) is 12.6 Å². The molecule has 0 bridgehead atoms. The van der Waals surface area contributed by atoms with E-state index in [-0.39, 0.29) is 0 Å². The summed E-state index contributed by atoms with van der Waals surface area (Å²) in [5.74, 6) is 0.651. The van der Waals surface area contributed by atoms with E-state index in [1.807, 2.05) is 24.3 Å². The van der Waals surface area contributed by atoms with Gasteiger partial charge >= 0.3 is 0 Å². The van der Waals surface area contributed by atoms with E-state index in [9.17, 15) is 0 Å². The van der Waals surface area contributed by atoms with Gasteiger partial charge in [-0.15, -0.1) is 10.2 Å². The first-order valence-electron chi connectivity index (χ1n) is 4.95. The molecule has 0 saturated heterocycles. The molecular formula is C11H11ClN4. The maximum atomic E-state index is 6.04. The standard InChI is InChI=1S/C11H11ClN4/c12-9-4-2-1-3-8(9)10-7-14-11(5-6-13)16-15-10/h1-4,7H,5-6,13H2. The van der Waals surface area contributed by atoms with Crippen LogP contribution in [0, 0.1) is 0 Å². The maximum absolute atomic E-state index is 6.04. The Morgan fingerprint density at radius 1 is 1.19 bits per heavy atom. The third kappa shape index (κ3) is 2.35. The smallest absolute Gasteiger partial charge is 0.152 e. The molecule has 82 valence electrons. The molecule has 2 rings (SSSR count). The van der Waals surface area contributed by atoms with E-state index in [4.69, 9.17) is 17.3 Å². The molecular weight excluding hydrogens is 224 g/mol. The van der Waals surface area contributed by atoms with Crippen LogP contribution in [0.3, 0.4) is 0 Å². The first kappa shape index (κ1) is 11.0. The first-order chi connectivity index (χ1) is 7.81. The summed E-state index contributed by atoms with van der Waals surface area (Å²) in [6.45, 7) is 0.521. The number of nitrogens with zero attached hydrogens (tertiary/aromatic N) is 3. The Balaban J connectivity index is 2.31. The van der Waals surface area contributed by atoms with Gasteiger partial charge in [0.2, 0.25) is 0 Å². The van der Waals surface area contributed by atoms with E-state index in [2.05, 4.69) is 15.2 Å². The Kier molecular flexibility index (Phi) is 3.44. The molecule has 1 heterocycles. The second-order valence-corrected chi connectivity index (χ2v) is 3.69. The molecule has 0 fully saturated rings. The minimum absolute atomic E-state index is 0.521. The first-order valence-corrected chi connectivity index (χ1v) is 5.32. The molecule has 0 amide bonds. The number of nitrogens with two attached hydrogens (primary N) is 1. The van der Waals surface area contributed by atoms with Gasteiger partial charge in [-0.2, -0.15) is 0 Å². The monoisotopic (exact) mass is 234 g/mol. The van der Waals surface area contributed by atoms with Gasteiger partial charge in [0.1, 0.15) is 5.69 Å². The highest BCUT2D eigenvalue weighted by Crippen LogP contribution is 2.24. The lowest BCUT2D eigenvalue weighted by Gasteiger charge is -2.02. The maximum Gasteiger partial charge on any atom is 0.152 e. The fourth-order valence-corrected chi connectivity index (χ4v) is 1.57. The van der Waals surface area contributed by atoms with Gasteiger partial charge < -0.3 is 5.73 Å². The zero-order valence-corrected chi connectivity index (χ0v) is 9.35. The number of halogens is 1. The van der Waals surface area contributed by atoms with Gasteiger partial charge in [-0.3, -0.25) is 0 Å². The molecule has 5 heteroatoms. The summed E-state index contributed by atoms with van der Waals surface area (Å²) in [6.07, 6.45) is 2.30.